The first-order valence-electron chi connectivity index (χ1n) is 5.44. The highest BCUT2D eigenvalue weighted by atomic mass is 19.2. The summed E-state index contributed by atoms with van der Waals surface area (Å²) >= 11 is 0. The fraction of sp³-hybridized carbons (Fsp3) is 0.0769. The summed E-state index contributed by atoms with van der Waals surface area (Å²) in [7, 11) is 0. The summed E-state index contributed by atoms with van der Waals surface area (Å²) in [6.45, 7) is 0.212. The van der Waals surface area contributed by atoms with Crippen molar-refractivity contribution in [2.24, 2.45) is 0 Å². The molecular formula is C13H10F2N2O2. The van der Waals surface area contributed by atoms with Gasteiger partial charge in [0, 0.05) is 6.20 Å². The molecule has 0 fully saturated rings. The number of carbonyl (C=O) groups is 1. The first-order chi connectivity index (χ1) is 9.09. The predicted octanol–water partition coefficient (Wildman–Crippen LogP) is 2.67. The molecule has 0 bridgehead atoms. The molecule has 0 saturated carbocycles. The summed E-state index contributed by atoms with van der Waals surface area (Å²) in [5, 5.41) is 11.3. The van der Waals surface area contributed by atoms with Crippen LogP contribution in [0.4, 0.5) is 14.5 Å². The molecule has 6 heteroatoms. The van der Waals surface area contributed by atoms with Gasteiger partial charge in [-0.25, -0.2) is 13.6 Å². The van der Waals surface area contributed by atoms with Gasteiger partial charge in [-0.2, -0.15) is 0 Å². The van der Waals surface area contributed by atoms with E-state index in [1.165, 1.54) is 6.07 Å². The smallest absolute Gasteiger partial charge is 0.338 e. The Morgan fingerprint density at radius 1 is 1.21 bits per heavy atom. The minimum Gasteiger partial charge on any atom is -0.478 e. The molecule has 98 valence electrons. The molecule has 1 aromatic carbocycles. The van der Waals surface area contributed by atoms with E-state index in [1.807, 2.05) is 0 Å². The van der Waals surface area contributed by atoms with Gasteiger partial charge in [-0.15, -0.1) is 0 Å². The number of nitrogens with one attached hydrogen (secondary N) is 1. The quantitative estimate of drug-likeness (QED) is 0.891. The third kappa shape index (κ3) is 2.85. The summed E-state index contributed by atoms with van der Waals surface area (Å²) in [6, 6.07) is 7.44. The highest BCUT2D eigenvalue weighted by Crippen LogP contribution is 2.21. The third-order valence-corrected chi connectivity index (χ3v) is 2.50. The van der Waals surface area contributed by atoms with Gasteiger partial charge >= 0.3 is 5.97 Å². The second-order valence-electron chi connectivity index (χ2n) is 3.77. The molecule has 2 aromatic rings. The van der Waals surface area contributed by atoms with E-state index in [0.29, 0.717) is 5.69 Å². The van der Waals surface area contributed by atoms with Gasteiger partial charge in [0.05, 0.1) is 23.5 Å². The first-order valence-corrected chi connectivity index (χ1v) is 5.44. The van der Waals surface area contributed by atoms with Crippen LogP contribution in [-0.2, 0) is 6.54 Å². The highest BCUT2D eigenvalue weighted by molar-refractivity contribution is 5.88. The summed E-state index contributed by atoms with van der Waals surface area (Å²) in [5.74, 6) is -4.10. The van der Waals surface area contributed by atoms with E-state index in [1.54, 1.807) is 24.4 Å². The first kappa shape index (κ1) is 12.9. The maximum Gasteiger partial charge on any atom is 0.338 e. The van der Waals surface area contributed by atoms with Crippen LogP contribution in [0, 0.1) is 11.6 Å². The van der Waals surface area contributed by atoms with Crippen molar-refractivity contribution in [2.75, 3.05) is 5.32 Å². The van der Waals surface area contributed by atoms with Gasteiger partial charge in [-0.05, 0) is 24.3 Å². The zero-order chi connectivity index (χ0) is 13.8. The van der Waals surface area contributed by atoms with E-state index in [2.05, 4.69) is 10.3 Å². The van der Waals surface area contributed by atoms with Crippen LogP contribution in [0.3, 0.4) is 0 Å². The number of pyridine rings is 1. The van der Waals surface area contributed by atoms with Gasteiger partial charge in [-0.3, -0.25) is 4.98 Å². The molecule has 2 rings (SSSR count). The number of carboxylic acid groups (broad SMARTS) is 1. The molecule has 19 heavy (non-hydrogen) atoms. The number of nitrogens with zero attached hydrogens (tertiary/aromatic N) is 1. The van der Waals surface area contributed by atoms with E-state index >= 15 is 0 Å². The zero-order valence-corrected chi connectivity index (χ0v) is 9.73. The van der Waals surface area contributed by atoms with Crippen LogP contribution >= 0.6 is 0 Å². The molecule has 0 atom stereocenters. The summed E-state index contributed by atoms with van der Waals surface area (Å²) in [4.78, 5) is 14.6. The van der Waals surface area contributed by atoms with E-state index in [4.69, 9.17) is 5.11 Å². The maximum absolute atomic E-state index is 13.6. The fourth-order valence-electron chi connectivity index (χ4n) is 1.54. The number of carboxylic acids is 1. The van der Waals surface area contributed by atoms with Gasteiger partial charge in [0.2, 0.25) is 0 Å². The van der Waals surface area contributed by atoms with Crippen LogP contribution in [-0.4, -0.2) is 16.1 Å². The lowest BCUT2D eigenvalue weighted by Crippen LogP contribution is -2.08. The van der Waals surface area contributed by atoms with E-state index in [9.17, 15) is 13.6 Å². The Labute approximate surface area is 107 Å². The van der Waals surface area contributed by atoms with Gasteiger partial charge in [0.1, 0.15) is 0 Å². The van der Waals surface area contributed by atoms with Crippen LogP contribution in [0.15, 0.2) is 36.5 Å². The molecule has 0 aliphatic rings. The largest absolute Gasteiger partial charge is 0.478 e. The van der Waals surface area contributed by atoms with Crippen molar-refractivity contribution >= 4 is 11.7 Å². The minimum absolute atomic E-state index is 0.104. The number of benzene rings is 1. The molecule has 0 amide bonds. The second-order valence-corrected chi connectivity index (χ2v) is 3.77. The molecule has 0 aliphatic carbocycles. The van der Waals surface area contributed by atoms with Crippen molar-refractivity contribution < 1.29 is 18.7 Å². The van der Waals surface area contributed by atoms with Crippen LogP contribution in [0.1, 0.15) is 16.1 Å². The molecule has 1 heterocycles. The molecule has 0 aliphatic heterocycles. The van der Waals surface area contributed by atoms with Gasteiger partial charge < -0.3 is 10.4 Å². The molecule has 0 saturated heterocycles. The fourth-order valence-corrected chi connectivity index (χ4v) is 1.54. The van der Waals surface area contributed by atoms with Crippen molar-refractivity contribution in [1.82, 2.24) is 4.98 Å². The van der Waals surface area contributed by atoms with Crippen LogP contribution in [0.5, 0.6) is 0 Å². The van der Waals surface area contributed by atoms with Crippen LogP contribution in [0.25, 0.3) is 0 Å². The average molecular weight is 264 g/mol. The number of aromatic carboxylic acids is 1. The SMILES string of the molecule is O=C(O)c1ccc(NCc2ccccn2)c(F)c1F. The van der Waals surface area contributed by atoms with E-state index < -0.39 is 23.2 Å². The average Bonchev–Trinajstić information content (AvgIpc) is 2.41. The molecule has 2 N–H and O–H groups in total. The van der Waals surface area contributed by atoms with Crippen molar-refractivity contribution in [3.8, 4) is 0 Å². The molecule has 0 unspecified atom stereocenters. The Morgan fingerprint density at radius 3 is 2.63 bits per heavy atom. The predicted molar refractivity (Wildman–Crippen MR) is 64.9 cm³/mol. The summed E-state index contributed by atoms with van der Waals surface area (Å²) in [5.41, 5.74) is -0.140. The van der Waals surface area contributed by atoms with Gasteiger partial charge in [0.25, 0.3) is 0 Å². The number of halogens is 2. The molecule has 0 radical (unpaired) electrons. The molecule has 4 nitrogen and oxygen atoms in total. The summed E-state index contributed by atoms with van der Waals surface area (Å²) in [6.07, 6.45) is 1.58. The molecule has 1 aromatic heterocycles. The van der Waals surface area contributed by atoms with E-state index in [-0.39, 0.29) is 12.2 Å². The minimum atomic E-state index is -1.51. The number of anilines is 1. The Balaban J connectivity index is 2.18. The van der Waals surface area contributed by atoms with Crippen molar-refractivity contribution in [3.05, 3.63) is 59.4 Å². The zero-order valence-electron chi connectivity index (χ0n) is 9.73. The molecule has 0 spiro atoms. The Morgan fingerprint density at radius 2 is 2.00 bits per heavy atom. The second kappa shape index (κ2) is 5.43. The highest BCUT2D eigenvalue weighted by Gasteiger charge is 2.17. The van der Waals surface area contributed by atoms with Crippen molar-refractivity contribution in [3.63, 3.8) is 0 Å². The topological polar surface area (TPSA) is 62.2 Å². The van der Waals surface area contributed by atoms with Gasteiger partial charge in [-0.1, -0.05) is 6.07 Å². The van der Waals surface area contributed by atoms with Crippen LogP contribution < -0.4 is 5.32 Å². The normalized spacial score (nSPS) is 10.2. The van der Waals surface area contributed by atoms with E-state index in [0.717, 1.165) is 6.07 Å². The maximum atomic E-state index is 13.6. The number of hydrogen-bond donors (Lipinski definition) is 2. The van der Waals surface area contributed by atoms with Gasteiger partial charge in [0.15, 0.2) is 11.6 Å². The van der Waals surface area contributed by atoms with Crippen LogP contribution in [0.2, 0.25) is 0 Å². The summed E-state index contributed by atoms with van der Waals surface area (Å²) < 4.78 is 27.0. The lowest BCUT2D eigenvalue weighted by Gasteiger charge is -2.08. The lowest BCUT2D eigenvalue weighted by molar-refractivity contribution is 0.0690. The number of hydrogen-bond acceptors (Lipinski definition) is 3. The standard InChI is InChI=1S/C13H10F2N2O2/c14-11-9(13(18)19)4-5-10(12(11)15)17-7-8-3-1-2-6-16-8/h1-6,17H,7H2,(H,18,19). The Kier molecular flexibility index (Phi) is 3.70. The Hall–Kier alpha value is -2.50. The monoisotopic (exact) mass is 264 g/mol. The lowest BCUT2D eigenvalue weighted by atomic mass is 10.2. The number of rotatable bonds is 4. The molecular weight excluding hydrogens is 254 g/mol. The Bertz CT molecular complexity index is 603. The van der Waals surface area contributed by atoms with Crippen molar-refractivity contribution in [1.29, 1.82) is 0 Å². The third-order valence-electron chi connectivity index (χ3n) is 2.50. The number of aromatic nitrogens is 1. The van der Waals surface area contributed by atoms with Crippen molar-refractivity contribution in [2.45, 2.75) is 6.54 Å².